The second-order valence-electron chi connectivity index (χ2n) is 7.53. The Morgan fingerprint density at radius 3 is 2.28 bits per heavy atom. The van der Waals surface area contributed by atoms with Crippen LogP contribution in [0.5, 0.6) is 0 Å². The van der Waals surface area contributed by atoms with Gasteiger partial charge >= 0.3 is 0 Å². The van der Waals surface area contributed by atoms with Crippen LogP contribution < -0.4 is 10.0 Å². The van der Waals surface area contributed by atoms with Crippen molar-refractivity contribution in [2.45, 2.75) is 37.2 Å². The molecule has 3 aromatic rings. The van der Waals surface area contributed by atoms with Crippen LogP contribution in [0.25, 0.3) is 0 Å². The zero-order valence-corrected chi connectivity index (χ0v) is 18.6. The number of nitrogens with zero attached hydrogens (tertiary/aromatic N) is 1. The van der Waals surface area contributed by atoms with Gasteiger partial charge in [-0.05, 0) is 55.2 Å². The van der Waals surface area contributed by atoms with E-state index in [2.05, 4.69) is 22.2 Å². The molecule has 6 nitrogen and oxygen atoms in total. The van der Waals surface area contributed by atoms with E-state index in [-0.39, 0.29) is 29.0 Å². The molecule has 0 heterocycles. The predicted octanol–water partition coefficient (Wildman–Crippen LogP) is 3.79. The van der Waals surface area contributed by atoms with Crippen molar-refractivity contribution in [3.05, 3.63) is 101 Å². The number of nitrogens with one attached hydrogen (secondary N) is 2. The van der Waals surface area contributed by atoms with Crippen molar-refractivity contribution in [1.82, 2.24) is 10.0 Å². The molecule has 0 bridgehead atoms. The van der Waals surface area contributed by atoms with E-state index in [0.717, 1.165) is 12.8 Å². The van der Waals surface area contributed by atoms with Gasteiger partial charge in [0, 0.05) is 18.2 Å². The molecule has 0 saturated carbocycles. The molecular weight excluding hydrogens is 422 g/mol. The maximum Gasteiger partial charge on any atom is 0.251 e. The second-order valence-corrected chi connectivity index (χ2v) is 9.26. The van der Waals surface area contributed by atoms with Gasteiger partial charge in [0.05, 0.1) is 10.5 Å². The summed E-state index contributed by atoms with van der Waals surface area (Å²) in [5, 5.41) is 12.1. The topological polar surface area (TPSA) is 99.1 Å². The van der Waals surface area contributed by atoms with Crippen LogP contribution in [0.1, 0.15) is 40.4 Å². The smallest absolute Gasteiger partial charge is 0.251 e. The summed E-state index contributed by atoms with van der Waals surface area (Å²) < 4.78 is 27.5. The Labute approximate surface area is 189 Å². The molecule has 0 fully saturated rings. The fourth-order valence-electron chi connectivity index (χ4n) is 3.23. The fourth-order valence-corrected chi connectivity index (χ4v) is 4.40. The molecule has 0 spiro atoms. The van der Waals surface area contributed by atoms with E-state index < -0.39 is 10.0 Å². The quantitative estimate of drug-likeness (QED) is 0.521. The average molecular weight is 448 g/mol. The van der Waals surface area contributed by atoms with E-state index in [1.54, 1.807) is 36.4 Å². The van der Waals surface area contributed by atoms with Crippen molar-refractivity contribution in [2.75, 3.05) is 0 Å². The maximum absolute atomic E-state index is 12.5. The summed E-state index contributed by atoms with van der Waals surface area (Å²) in [6.07, 6.45) is 1.72. The van der Waals surface area contributed by atoms with Crippen LogP contribution in [-0.2, 0) is 23.0 Å². The van der Waals surface area contributed by atoms with Crippen LogP contribution in [0.2, 0.25) is 0 Å². The van der Waals surface area contributed by atoms with Crippen LogP contribution in [-0.4, -0.2) is 20.4 Å². The van der Waals surface area contributed by atoms with Crippen molar-refractivity contribution < 1.29 is 13.2 Å². The molecule has 1 atom stereocenters. The summed E-state index contributed by atoms with van der Waals surface area (Å²) in [6, 6.07) is 24.8. The number of aryl methyl sites for hydroxylation is 1. The predicted molar refractivity (Wildman–Crippen MR) is 123 cm³/mol. The van der Waals surface area contributed by atoms with Crippen molar-refractivity contribution in [3.63, 3.8) is 0 Å². The van der Waals surface area contributed by atoms with Gasteiger partial charge in [0.1, 0.15) is 6.07 Å². The lowest BCUT2D eigenvalue weighted by Gasteiger charge is -2.14. The van der Waals surface area contributed by atoms with Crippen LogP contribution in [0.4, 0.5) is 0 Å². The highest BCUT2D eigenvalue weighted by molar-refractivity contribution is 7.89. The molecule has 0 aliphatic heterocycles. The lowest BCUT2D eigenvalue weighted by molar-refractivity contribution is 0.0938. The minimum atomic E-state index is -3.82. The third kappa shape index (κ3) is 6.27. The first kappa shape index (κ1) is 23.2. The summed E-state index contributed by atoms with van der Waals surface area (Å²) in [7, 11) is -3.82. The molecule has 7 heteroatoms. The molecule has 0 aliphatic rings. The Hall–Kier alpha value is -3.47. The number of hydrogen-bond acceptors (Lipinski definition) is 4. The van der Waals surface area contributed by atoms with Crippen molar-refractivity contribution in [1.29, 1.82) is 5.26 Å². The highest BCUT2D eigenvalue weighted by atomic mass is 32.2. The van der Waals surface area contributed by atoms with Gasteiger partial charge in [-0.25, -0.2) is 13.1 Å². The van der Waals surface area contributed by atoms with Crippen LogP contribution in [0, 0.1) is 11.3 Å². The summed E-state index contributed by atoms with van der Waals surface area (Å²) in [5.74, 6) is -0.166. The zero-order chi connectivity index (χ0) is 23.0. The molecule has 0 aliphatic carbocycles. The van der Waals surface area contributed by atoms with E-state index in [1.165, 1.54) is 17.7 Å². The Balaban J connectivity index is 1.54. The number of benzene rings is 3. The Morgan fingerprint density at radius 1 is 0.938 bits per heavy atom. The molecule has 164 valence electrons. The van der Waals surface area contributed by atoms with Crippen molar-refractivity contribution in [2.24, 2.45) is 0 Å². The Kier molecular flexibility index (Phi) is 7.77. The van der Waals surface area contributed by atoms with Gasteiger partial charge in [-0.1, -0.05) is 54.6 Å². The first-order valence-electron chi connectivity index (χ1n) is 10.3. The number of rotatable bonds is 9. The number of hydrogen-bond donors (Lipinski definition) is 2. The normalized spacial score (nSPS) is 12.0. The third-order valence-corrected chi connectivity index (χ3v) is 6.53. The van der Waals surface area contributed by atoms with Gasteiger partial charge in [-0.15, -0.1) is 0 Å². The van der Waals surface area contributed by atoms with E-state index >= 15 is 0 Å². The van der Waals surface area contributed by atoms with E-state index in [0.29, 0.717) is 11.1 Å². The van der Waals surface area contributed by atoms with Gasteiger partial charge in [0.25, 0.3) is 5.91 Å². The molecule has 1 unspecified atom stereocenters. The van der Waals surface area contributed by atoms with Gasteiger partial charge in [-0.2, -0.15) is 5.26 Å². The minimum absolute atomic E-state index is 0.0226. The molecule has 3 rings (SSSR count). The third-order valence-electron chi connectivity index (χ3n) is 5.07. The molecule has 0 radical (unpaired) electrons. The summed E-state index contributed by atoms with van der Waals surface area (Å²) in [5.41, 5.74) is 2.54. The van der Waals surface area contributed by atoms with E-state index in [9.17, 15) is 13.2 Å². The second kappa shape index (κ2) is 10.7. The van der Waals surface area contributed by atoms with Crippen LogP contribution in [0.3, 0.4) is 0 Å². The maximum atomic E-state index is 12.5. The van der Waals surface area contributed by atoms with E-state index in [1.807, 2.05) is 31.2 Å². The zero-order valence-electron chi connectivity index (χ0n) is 17.8. The SMILES string of the molecule is CC(CCc1ccccc1)NC(=O)c1ccc(CNS(=O)(=O)c2ccccc2C#N)cc1. The van der Waals surface area contributed by atoms with E-state index in [4.69, 9.17) is 5.26 Å². The summed E-state index contributed by atoms with van der Waals surface area (Å²) >= 11 is 0. The Morgan fingerprint density at radius 2 is 1.59 bits per heavy atom. The molecule has 1 amide bonds. The van der Waals surface area contributed by atoms with Gasteiger partial charge < -0.3 is 5.32 Å². The number of carbonyl (C=O) groups is 1. The van der Waals surface area contributed by atoms with Gasteiger partial charge in [0.15, 0.2) is 0 Å². The fraction of sp³-hybridized carbons (Fsp3) is 0.200. The number of amides is 1. The van der Waals surface area contributed by atoms with Crippen molar-refractivity contribution >= 4 is 15.9 Å². The van der Waals surface area contributed by atoms with Crippen LogP contribution >= 0.6 is 0 Å². The largest absolute Gasteiger partial charge is 0.350 e. The van der Waals surface area contributed by atoms with Gasteiger partial charge in [0.2, 0.25) is 10.0 Å². The number of carbonyl (C=O) groups excluding carboxylic acids is 1. The molecule has 2 N–H and O–H groups in total. The number of sulfonamides is 1. The summed E-state index contributed by atoms with van der Waals surface area (Å²) in [4.78, 5) is 12.4. The molecular formula is C25H25N3O3S. The lowest BCUT2D eigenvalue weighted by Crippen LogP contribution is -2.32. The lowest BCUT2D eigenvalue weighted by atomic mass is 10.1. The molecule has 0 saturated heterocycles. The summed E-state index contributed by atoms with van der Waals surface area (Å²) in [6.45, 7) is 2.03. The first-order valence-corrected chi connectivity index (χ1v) is 11.8. The van der Waals surface area contributed by atoms with Crippen LogP contribution in [0.15, 0.2) is 83.8 Å². The highest BCUT2D eigenvalue weighted by Crippen LogP contribution is 2.15. The molecule has 0 aromatic heterocycles. The molecule has 32 heavy (non-hydrogen) atoms. The van der Waals surface area contributed by atoms with Crippen molar-refractivity contribution in [3.8, 4) is 6.07 Å². The molecule has 3 aromatic carbocycles. The Bertz CT molecular complexity index is 1200. The minimum Gasteiger partial charge on any atom is -0.350 e. The van der Waals surface area contributed by atoms with Gasteiger partial charge in [-0.3, -0.25) is 4.79 Å². The number of nitriles is 1. The standard InChI is InChI=1S/C25H25N3O3S/c1-19(11-12-20-7-3-2-4-8-20)28-25(29)22-15-13-21(14-16-22)18-27-32(30,31)24-10-6-5-9-23(24)17-26/h2-10,13-16,19,27H,11-12,18H2,1H3,(H,28,29). The highest BCUT2D eigenvalue weighted by Gasteiger charge is 2.18. The average Bonchev–Trinajstić information content (AvgIpc) is 2.82. The monoisotopic (exact) mass is 447 g/mol. The first-order chi connectivity index (χ1) is 15.4.